The number of ether oxygens (including phenoxy) is 1. The number of carbonyl (C=O) groups excluding carboxylic acids is 1. The van der Waals surface area contributed by atoms with E-state index in [0.29, 0.717) is 28.5 Å². The van der Waals surface area contributed by atoms with Crippen LogP contribution in [0, 0.1) is 13.8 Å². The second kappa shape index (κ2) is 9.26. The zero-order valence-electron chi connectivity index (χ0n) is 16.3. The first-order valence-corrected chi connectivity index (χ1v) is 9.92. The summed E-state index contributed by atoms with van der Waals surface area (Å²) in [6.45, 7) is 6.85. The zero-order valence-corrected chi connectivity index (χ0v) is 17.0. The van der Waals surface area contributed by atoms with E-state index >= 15 is 0 Å². The van der Waals surface area contributed by atoms with Crippen LogP contribution in [0.2, 0.25) is 5.02 Å². The Kier molecular flexibility index (Phi) is 6.75. The summed E-state index contributed by atoms with van der Waals surface area (Å²) in [7, 11) is 0. The van der Waals surface area contributed by atoms with Crippen molar-refractivity contribution in [2.45, 2.75) is 32.7 Å². The minimum Gasteiger partial charge on any atom is -0.492 e. The first-order valence-electron chi connectivity index (χ1n) is 9.54. The number of carbonyl (C=O) groups is 1. The third kappa shape index (κ3) is 5.36. The fourth-order valence-electron chi connectivity index (χ4n) is 3.58. The minimum absolute atomic E-state index is 0.115. The normalized spacial score (nSPS) is 15.4. The summed E-state index contributed by atoms with van der Waals surface area (Å²) in [6, 6.07) is 8.97. The zero-order chi connectivity index (χ0) is 20.1. The third-order valence-electron chi connectivity index (χ3n) is 5.07. The molecule has 1 aliphatic rings. The molecule has 0 radical (unpaired) electrons. The van der Waals surface area contributed by atoms with Crippen molar-refractivity contribution >= 4 is 17.5 Å². The highest BCUT2D eigenvalue weighted by atomic mass is 35.5. The number of likely N-dealkylation sites (tertiary alicyclic amines) is 1. The van der Waals surface area contributed by atoms with Crippen LogP contribution >= 0.6 is 11.6 Å². The second-order valence-electron chi connectivity index (χ2n) is 7.21. The van der Waals surface area contributed by atoms with Crippen molar-refractivity contribution < 1.29 is 9.53 Å². The molecule has 0 bridgehead atoms. The summed E-state index contributed by atoms with van der Waals surface area (Å²) < 4.78 is 5.75. The molecule has 0 saturated carbocycles. The summed E-state index contributed by atoms with van der Waals surface area (Å²) in [5.74, 6) is 0.703. The molecule has 1 amide bonds. The number of amides is 1. The lowest BCUT2D eigenvalue weighted by Gasteiger charge is -2.32. The van der Waals surface area contributed by atoms with Crippen molar-refractivity contribution in [3.05, 3.63) is 62.5 Å². The first kappa shape index (κ1) is 20.4. The van der Waals surface area contributed by atoms with Crippen LogP contribution in [0.25, 0.3) is 0 Å². The summed E-state index contributed by atoms with van der Waals surface area (Å²) in [5.41, 5.74) is 1.70. The molecule has 0 atom stereocenters. The fraction of sp³-hybridized carbons (Fsp3) is 0.429. The molecule has 0 aliphatic carbocycles. The van der Waals surface area contributed by atoms with E-state index in [2.05, 4.69) is 15.2 Å². The van der Waals surface area contributed by atoms with Gasteiger partial charge in [-0.1, -0.05) is 11.6 Å². The molecule has 1 aromatic heterocycles. The van der Waals surface area contributed by atoms with Gasteiger partial charge < -0.3 is 15.0 Å². The number of aromatic nitrogens is 1. The van der Waals surface area contributed by atoms with Gasteiger partial charge in [-0.2, -0.15) is 0 Å². The van der Waals surface area contributed by atoms with E-state index in [1.165, 1.54) is 6.07 Å². The van der Waals surface area contributed by atoms with Crippen molar-refractivity contribution in [3.8, 4) is 5.75 Å². The Bertz CT molecular complexity index is 845. The van der Waals surface area contributed by atoms with Gasteiger partial charge in [0.1, 0.15) is 12.4 Å². The highest BCUT2D eigenvalue weighted by Crippen LogP contribution is 2.16. The van der Waals surface area contributed by atoms with Gasteiger partial charge in [0.15, 0.2) is 0 Å². The maximum Gasteiger partial charge on any atom is 0.253 e. The van der Waals surface area contributed by atoms with Crippen LogP contribution in [0.5, 0.6) is 5.75 Å². The van der Waals surface area contributed by atoms with Gasteiger partial charge in [0, 0.05) is 42.5 Å². The molecule has 1 fully saturated rings. The Morgan fingerprint density at radius 1 is 1.25 bits per heavy atom. The van der Waals surface area contributed by atoms with Gasteiger partial charge in [0.2, 0.25) is 5.56 Å². The summed E-state index contributed by atoms with van der Waals surface area (Å²) >= 11 is 5.87. The summed E-state index contributed by atoms with van der Waals surface area (Å²) in [5, 5.41) is 3.81. The number of piperidine rings is 1. The van der Waals surface area contributed by atoms with Crippen molar-refractivity contribution in [3.63, 3.8) is 0 Å². The predicted octanol–water partition coefficient (Wildman–Crippen LogP) is 2.92. The largest absolute Gasteiger partial charge is 0.492 e. The number of nitrogens with one attached hydrogen (secondary N) is 2. The first-order chi connectivity index (χ1) is 13.4. The Morgan fingerprint density at radius 3 is 2.57 bits per heavy atom. The third-order valence-corrected chi connectivity index (χ3v) is 5.32. The quantitative estimate of drug-likeness (QED) is 0.777. The Morgan fingerprint density at radius 2 is 1.93 bits per heavy atom. The summed E-state index contributed by atoms with van der Waals surface area (Å²) in [6.07, 6.45) is 1.79. The van der Waals surface area contributed by atoms with Crippen molar-refractivity contribution in [2.75, 3.05) is 26.2 Å². The highest BCUT2D eigenvalue weighted by Gasteiger charge is 2.22. The van der Waals surface area contributed by atoms with Crippen LogP contribution in [0.15, 0.2) is 35.1 Å². The average Bonchev–Trinajstić information content (AvgIpc) is 2.64. The Labute approximate surface area is 169 Å². The highest BCUT2D eigenvalue weighted by molar-refractivity contribution is 6.30. The Hall–Kier alpha value is -2.31. The number of rotatable bonds is 6. The van der Waals surface area contributed by atoms with Crippen molar-refractivity contribution in [1.82, 2.24) is 15.2 Å². The van der Waals surface area contributed by atoms with E-state index in [0.717, 1.165) is 38.2 Å². The van der Waals surface area contributed by atoms with Crippen molar-refractivity contribution in [2.24, 2.45) is 0 Å². The molecule has 2 heterocycles. The number of hydrogen-bond donors (Lipinski definition) is 2. The molecule has 2 aromatic rings. The lowest BCUT2D eigenvalue weighted by Crippen LogP contribution is -2.45. The molecule has 1 aromatic carbocycles. The van der Waals surface area contributed by atoms with Gasteiger partial charge >= 0.3 is 0 Å². The number of pyridine rings is 1. The van der Waals surface area contributed by atoms with Crippen LogP contribution in [0.3, 0.4) is 0 Å². The topological polar surface area (TPSA) is 74.4 Å². The fourth-order valence-corrected chi connectivity index (χ4v) is 3.71. The lowest BCUT2D eigenvalue weighted by atomic mass is 10.0. The summed E-state index contributed by atoms with van der Waals surface area (Å²) in [4.78, 5) is 29.2. The molecule has 28 heavy (non-hydrogen) atoms. The van der Waals surface area contributed by atoms with Crippen LogP contribution < -0.4 is 15.6 Å². The van der Waals surface area contributed by atoms with E-state index in [4.69, 9.17) is 16.3 Å². The van der Waals surface area contributed by atoms with E-state index in [1.807, 2.05) is 24.3 Å². The molecule has 2 N–H and O–H groups in total. The predicted molar refractivity (Wildman–Crippen MR) is 110 cm³/mol. The van der Waals surface area contributed by atoms with Gasteiger partial charge in [-0.05, 0) is 56.5 Å². The molecule has 3 rings (SSSR count). The standard InChI is InChI=1S/C21H26ClN3O3/c1-14-13-19(26)23-15(2)20(14)21(27)24-17-7-9-25(10-8-17)11-12-28-18-5-3-16(22)4-6-18/h3-6,13,17H,7-12H2,1-2H3,(H,23,26)(H,24,27). The minimum atomic E-state index is -0.180. The number of aryl methyl sites for hydroxylation is 2. The number of benzene rings is 1. The second-order valence-corrected chi connectivity index (χ2v) is 7.64. The van der Waals surface area contributed by atoms with Gasteiger partial charge in [0.05, 0.1) is 5.56 Å². The molecule has 0 spiro atoms. The van der Waals surface area contributed by atoms with Crippen LogP contribution in [-0.4, -0.2) is 48.1 Å². The smallest absolute Gasteiger partial charge is 0.253 e. The molecule has 1 saturated heterocycles. The van der Waals surface area contributed by atoms with E-state index in [1.54, 1.807) is 13.8 Å². The van der Waals surface area contributed by atoms with E-state index < -0.39 is 0 Å². The number of H-pyrrole nitrogens is 1. The molecule has 7 heteroatoms. The lowest BCUT2D eigenvalue weighted by molar-refractivity contribution is 0.0903. The van der Waals surface area contributed by atoms with Crippen LogP contribution in [0.1, 0.15) is 34.5 Å². The molecule has 0 unspecified atom stereocenters. The number of nitrogens with zero attached hydrogens (tertiary/aromatic N) is 1. The molecular formula is C21H26ClN3O3. The van der Waals surface area contributed by atoms with Gasteiger partial charge in [-0.15, -0.1) is 0 Å². The van der Waals surface area contributed by atoms with Crippen LogP contribution in [0.4, 0.5) is 0 Å². The maximum atomic E-state index is 12.6. The molecular weight excluding hydrogens is 378 g/mol. The SMILES string of the molecule is Cc1cc(=O)[nH]c(C)c1C(=O)NC1CCN(CCOc2ccc(Cl)cc2)CC1. The molecule has 6 nitrogen and oxygen atoms in total. The van der Waals surface area contributed by atoms with Gasteiger partial charge in [-0.3, -0.25) is 14.5 Å². The number of hydrogen-bond acceptors (Lipinski definition) is 4. The van der Waals surface area contributed by atoms with E-state index in [-0.39, 0.29) is 17.5 Å². The monoisotopic (exact) mass is 403 g/mol. The number of halogens is 1. The van der Waals surface area contributed by atoms with E-state index in [9.17, 15) is 9.59 Å². The van der Waals surface area contributed by atoms with Gasteiger partial charge in [0.25, 0.3) is 5.91 Å². The van der Waals surface area contributed by atoms with Crippen molar-refractivity contribution in [1.29, 1.82) is 0 Å². The Balaban J connectivity index is 1.43. The van der Waals surface area contributed by atoms with Crippen LogP contribution in [-0.2, 0) is 0 Å². The average molecular weight is 404 g/mol. The molecule has 1 aliphatic heterocycles. The number of aromatic amines is 1. The maximum absolute atomic E-state index is 12.6. The van der Waals surface area contributed by atoms with Gasteiger partial charge in [-0.25, -0.2) is 0 Å². The molecule has 150 valence electrons.